The molecule has 0 saturated carbocycles. The summed E-state index contributed by atoms with van der Waals surface area (Å²) in [6.45, 7) is 3.60. The molecule has 138 valence electrons. The molecule has 0 spiro atoms. The first-order valence-electron chi connectivity index (χ1n) is 7.82. The normalized spacial score (nSPS) is 15.0. The van der Waals surface area contributed by atoms with Gasteiger partial charge in [-0.2, -0.15) is 0 Å². The summed E-state index contributed by atoms with van der Waals surface area (Å²) < 4.78 is 45.0. The Hall–Kier alpha value is -2.45. The van der Waals surface area contributed by atoms with Gasteiger partial charge in [-0.1, -0.05) is 12.1 Å². The average molecular weight is 360 g/mol. The van der Waals surface area contributed by atoms with Crippen molar-refractivity contribution in [2.45, 2.75) is 19.7 Å². The molecule has 1 saturated heterocycles. The zero-order chi connectivity index (χ0) is 18.4. The highest BCUT2D eigenvalue weighted by molar-refractivity contribution is 5.79. The fourth-order valence-corrected chi connectivity index (χ4v) is 2.45. The molecule has 25 heavy (non-hydrogen) atoms. The summed E-state index contributed by atoms with van der Waals surface area (Å²) in [6.07, 6.45) is -5.06. The maximum absolute atomic E-state index is 12.3. The van der Waals surface area contributed by atoms with Crippen molar-refractivity contribution in [3.05, 3.63) is 29.8 Å². The fraction of sp³-hybridized carbons (Fsp3) is 0.500. The van der Waals surface area contributed by atoms with Gasteiger partial charge in [-0.3, -0.25) is 4.79 Å². The molecular weight excluding hydrogens is 341 g/mol. The quantitative estimate of drug-likeness (QED) is 0.828. The van der Waals surface area contributed by atoms with Crippen molar-refractivity contribution in [3.63, 3.8) is 0 Å². The summed E-state index contributed by atoms with van der Waals surface area (Å²) in [5.74, 6) is -0.472. The zero-order valence-electron chi connectivity index (χ0n) is 13.7. The van der Waals surface area contributed by atoms with Crippen molar-refractivity contribution >= 4 is 12.0 Å². The van der Waals surface area contributed by atoms with Crippen molar-refractivity contribution in [2.75, 3.05) is 32.8 Å². The van der Waals surface area contributed by atoms with Gasteiger partial charge in [0.25, 0.3) is 0 Å². The van der Waals surface area contributed by atoms with Gasteiger partial charge >= 0.3 is 12.5 Å². The minimum Gasteiger partial charge on any atom is -0.450 e. The fourth-order valence-electron chi connectivity index (χ4n) is 2.45. The molecule has 1 aromatic carbocycles. The molecule has 1 heterocycles. The lowest BCUT2D eigenvalue weighted by molar-refractivity contribution is -0.274. The second-order valence-corrected chi connectivity index (χ2v) is 5.44. The highest BCUT2D eigenvalue weighted by atomic mass is 19.4. The molecule has 0 aromatic heterocycles. The van der Waals surface area contributed by atoms with Gasteiger partial charge in [0, 0.05) is 26.2 Å². The van der Waals surface area contributed by atoms with Crippen LogP contribution in [0.25, 0.3) is 0 Å². The number of hydrogen-bond donors (Lipinski definition) is 0. The number of benzene rings is 1. The number of ether oxygens (including phenoxy) is 2. The predicted octanol–water partition coefficient (Wildman–Crippen LogP) is 2.43. The van der Waals surface area contributed by atoms with Crippen LogP contribution in [-0.4, -0.2) is 60.9 Å². The van der Waals surface area contributed by atoms with Gasteiger partial charge in [-0.15, -0.1) is 13.2 Å². The van der Waals surface area contributed by atoms with Gasteiger partial charge in [0.15, 0.2) is 0 Å². The Morgan fingerprint density at radius 2 is 1.60 bits per heavy atom. The van der Waals surface area contributed by atoms with E-state index >= 15 is 0 Å². The maximum atomic E-state index is 12.3. The molecule has 0 N–H and O–H groups in total. The van der Waals surface area contributed by atoms with E-state index in [1.807, 2.05) is 0 Å². The third-order valence-corrected chi connectivity index (χ3v) is 3.67. The highest BCUT2D eigenvalue weighted by Crippen LogP contribution is 2.23. The second-order valence-electron chi connectivity index (χ2n) is 5.44. The lowest BCUT2D eigenvalue weighted by Crippen LogP contribution is -2.51. The molecule has 0 unspecified atom stereocenters. The van der Waals surface area contributed by atoms with E-state index in [9.17, 15) is 22.8 Å². The smallest absolute Gasteiger partial charge is 0.450 e. The van der Waals surface area contributed by atoms with E-state index in [1.165, 1.54) is 29.2 Å². The monoisotopic (exact) mass is 360 g/mol. The standard InChI is InChI=1S/C16H19F3N2O4/c1-2-24-15(23)21-9-7-20(8-10-21)14(22)11-12-3-5-13(6-4-12)25-16(17,18)19/h3-6H,2,7-11H2,1H3. The average Bonchev–Trinajstić information content (AvgIpc) is 2.55. The van der Waals surface area contributed by atoms with E-state index in [4.69, 9.17) is 4.74 Å². The first-order valence-corrected chi connectivity index (χ1v) is 7.82. The molecule has 1 aliphatic rings. The number of hydrogen-bond acceptors (Lipinski definition) is 4. The van der Waals surface area contributed by atoms with E-state index in [0.717, 1.165) is 0 Å². The third-order valence-electron chi connectivity index (χ3n) is 3.67. The lowest BCUT2D eigenvalue weighted by atomic mass is 10.1. The van der Waals surface area contributed by atoms with Gasteiger partial charge in [0.1, 0.15) is 5.75 Å². The summed E-state index contributed by atoms with van der Waals surface area (Å²) >= 11 is 0. The minimum absolute atomic E-state index is 0.0751. The molecule has 9 heteroatoms. The van der Waals surface area contributed by atoms with Crippen LogP contribution < -0.4 is 4.74 Å². The number of carbonyl (C=O) groups is 2. The summed E-state index contributed by atoms with van der Waals surface area (Å²) in [5, 5.41) is 0. The van der Waals surface area contributed by atoms with Crippen molar-refractivity contribution in [1.82, 2.24) is 9.80 Å². The number of alkyl halides is 3. The molecule has 0 radical (unpaired) electrons. The molecule has 0 bridgehead atoms. The molecule has 6 nitrogen and oxygen atoms in total. The number of nitrogens with zero attached hydrogens (tertiary/aromatic N) is 2. The SMILES string of the molecule is CCOC(=O)N1CCN(C(=O)Cc2ccc(OC(F)(F)F)cc2)CC1. The van der Waals surface area contributed by atoms with E-state index in [1.54, 1.807) is 11.8 Å². The van der Waals surface area contributed by atoms with Crippen LogP contribution in [0.1, 0.15) is 12.5 Å². The molecule has 0 atom stereocenters. The van der Waals surface area contributed by atoms with Crippen LogP contribution in [0.4, 0.5) is 18.0 Å². The number of rotatable bonds is 4. The van der Waals surface area contributed by atoms with Crippen molar-refractivity contribution < 1.29 is 32.2 Å². The Kier molecular flexibility index (Phi) is 6.11. The molecular formula is C16H19F3N2O4. The largest absolute Gasteiger partial charge is 0.573 e. The van der Waals surface area contributed by atoms with E-state index in [0.29, 0.717) is 38.3 Å². The zero-order valence-corrected chi connectivity index (χ0v) is 13.7. The molecule has 2 rings (SSSR count). The van der Waals surface area contributed by atoms with Crippen molar-refractivity contribution in [2.24, 2.45) is 0 Å². The molecule has 0 aliphatic carbocycles. The highest BCUT2D eigenvalue weighted by Gasteiger charge is 2.31. The van der Waals surface area contributed by atoms with Crippen LogP contribution in [0.15, 0.2) is 24.3 Å². The molecule has 2 amide bonds. The van der Waals surface area contributed by atoms with Gasteiger partial charge in [-0.25, -0.2) is 4.79 Å². The van der Waals surface area contributed by atoms with Crippen LogP contribution in [0.3, 0.4) is 0 Å². The summed E-state index contributed by atoms with van der Waals surface area (Å²) in [4.78, 5) is 27.0. The molecule has 1 fully saturated rings. The van der Waals surface area contributed by atoms with Crippen LogP contribution in [0.5, 0.6) is 5.75 Å². The Morgan fingerprint density at radius 3 is 2.12 bits per heavy atom. The van der Waals surface area contributed by atoms with E-state index < -0.39 is 12.5 Å². The minimum atomic E-state index is -4.74. The first-order chi connectivity index (χ1) is 11.8. The van der Waals surface area contributed by atoms with Crippen molar-refractivity contribution in [1.29, 1.82) is 0 Å². The van der Waals surface area contributed by atoms with E-state index in [-0.39, 0.29) is 18.1 Å². The molecule has 1 aromatic rings. The van der Waals surface area contributed by atoms with Gasteiger partial charge in [0.05, 0.1) is 13.0 Å². The summed E-state index contributed by atoms with van der Waals surface area (Å²) in [7, 11) is 0. The van der Waals surface area contributed by atoms with Gasteiger partial charge in [0.2, 0.25) is 5.91 Å². The topological polar surface area (TPSA) is 59.1 Å². The Morgan fingerprint density at radius 1 is 1.04 bits per heavy atom. The van der Waals surface area contributed by atoms with E-state index in [2.05, 4.69) is 4.74 Å². The van der Waals surface area contributed by atoms with Gasteiger partial charge < -0.3 is 19.3 Å². The summed E-state index contributed by atoms with van der Waals surface area (Å²) in [5.41, 5.74) is 0.590. The second kappa shape index (κ2) is 8.09. The van der Waals surface area contributed by atoms with Crippen LogP contribution in [-0.2, 0) is 16.0 Å². The first kappa shape index (κ1) is 18.9. The Labute approximate surface area is 143 Å². The van der Waals surface area contributed by atoms with Crippen LogP contribution >= 0.6 is 0 Å². The van der Waals surface area contributed by atoms with Gasteiger partial charge in [-0.05, 0) is 24.6 Å². The molecule has 1 aliphatic heterocycles. The number of halogens is 3. The summed E-state index contributed by atoms with van der Waals surface area (Å²) in [6, 6.07) is 5.20. The van der Waals surface area contributed by atoms with Crippen LogP contribution in [0, 0.1) is 0 Å². The maximum Gasteiger partial charge on any atom is 0.573 e. The Balaban J connectivity index is 1.83. The Bertz CT molecular complexity index is 596. The number of amides is 2. The predicted molar refractivity (Wildman–Crippen MR) is 82.0 cm³/mol. The lowest BCUT2D eigenvalue weighted by Gasteiger charge is -2.34. The van der Waals surface area contributed by atoms with Crippen molar-refractivity contribution in [3.8, 4) is 5.75 Å². The number of carbonyl (C=O) groups excluding carboxylic acids is 2. The number of piperazine rings is 1. The van der Waals surface area contributed by atoms with Crippen LogP contribution in [0.2, 0.25) is 0 Å². The third kappa shape index (κ3) is 5.84.